The molecule has 3 N–H and O–H groups in total. The summed E-state index contributed by atoms with van der Waals surface area (Å²) in [5, 5.41) is 15.5. The molecule has 0 bridgehead atoms. The van der Waals surface area contributed by atoms with Gasteiger partial charge in [0, 0.05) is 34.6 Å². The summed E-state index contributed by atoms with van der Waals surface area (Å²) in [4.78, 5) is 17.2. The SMILES string of the molecule is O=C(Nc1cc(C2CC2)[nH]n1)Nc1csc2ncccc12. The Hall–Kier alpha value is -2.41. The average Bonchev–Trinajstić information content (AvgIpc) is 3.12. The molecule has 21 heavy (non-hydrogen) atoms. The molecule has 1 saturated carbocycles. The van der Waals surface area contributed by atoms with Crippen LogP contribution < -0.4 is 10.6 Å². The van der Waals surface area contributed by atoms with E-state index < -0.39 is 0 Å². The van der Waals surface area contributed by atoms with Gasteiger partial charge in [0.25, 0.3) is 0 Å². The lowest BCUT2D eigenvalue weighted by Crippen LogP contribution is -2.19. The highest BCUT2D eigenvalue weighted by Crippen LogP contribution is 2.39. The summed E-state index contributed by atoms with van der Waals surface area (Å²) in [7, 11) is 0. The second-order valence-corrected chi connectivity index (χ2v) is 5.93. The lowest BCUT2D eigenvalue weighted by atomic mass is 10.3. The van der Waals surface area contributed by atoms with E-state index in [-0.39, 0.29) is 6.03 Å². The third-order valence-electron chi connectivity index (χ3n) is 3.45. The summed E-state index contributed by atoms with van der Waals surface area (Å²) in [6.45, 7) is 0. The van der Waals surface area contributed by atoms with Crippen LogP contribution in [0.1, 0.15) is 24.5 Å². The molecule has 7 heteroatoms. The zero-order valence-electron chi connectivity index (χ0n) is 11.1. The first-order chi connectivity index (χ1) is 10.3. The fourth-order valence-corrected chi connectivity index (χ4v) is 3.08. The van der Waals surface area contributed by atoms with Crippen LogP contribution in [0.2, 0.25) is 0 Å². The molecule has 0 unspecified atom stereocenters. The van der Waals surface area contributed by atoms with Crippen LogP contribution in [0.5, 0.6) is 0 Å². The summed E-state index contributed by atoms with van der Waals surface area (Å²) in [6, 6.07) is 5.39. The number of carbonyl (C=O) groups excluding carboxylic acids is 1. The van der Waals surface area contributed by atoms with Crippen LogP contribution in [0.25, 0.3) is 10.2 Å². The van der Waals surface area contributed by atoms with Crippen molar-refractivity contribution in [2.75, 3.05) is 10.6 Å². The van der Waals surface area contributed by atoms with Gasteiger partial charge in [-0.2, -0.15) is 5.10 Å². The summed E-state index contributed by atoms with van der Waals surface area (Å²) in [5.74, 6) is 1.13. The number of urea groups is 1. The molecule has 0 aliphatic heterocycles. The number of anilines is 2. The minimum absolute atomic E-state index is 0.299. The van der Waals surface area contributed by atoms with E-state index in [0.717, 1.165) is 21.6 Å². The molecule has 2 amide bonds. The number of carbonyl (C=O) groups is 1. The van der Waals surface area contributed by atoms with Gasteiger partial charge < -0.3 is 5.32 Å². The Morgan fingerprint density at radius 1 is 1.38 bits per heavy atom. The quantitative estimate of drug-likeness (QED) is 0.691. The number of H-pyrrole nitrogens is 1. The van der Waals surface area contributed by atoms with Crippen molar-refractivity contribution in [1.82, 2.24) is 15.2 Å². The maximum Gasteiger partial charge on any atom is 0.324 e. The fourth-order valence-electron chi connectivity index (χ4n) is 2.24. The van der Waals surface area contributed by atoms with Gasteiger partial charge >= 0.3 is 6.03 Å². The summed E-state index contributed by atoms with van der Waals surface area (Å²) >= 11 is 1.50. The highest BCUT2D eigenvalue weighted by atomic mass is 32.1. The zero-order chi connectivity index (χ0) is 14.2. The Morgan fingerprint density at radius 2 is 2.29 bits per heavy atom. The van der Waals surface area contributed by atoms with Crippen molar-refractivity contribution in [2.45, 2.75) is 18.8 Å². The number of hydrogen-bond donors (Lipinski definition) is 3. The van der Waals surface area contributed by atoms with Crippen molar-refractivity contribution in [3.63, 3.8) is 0 Å². The lowest BCUT2D eigenvalue weighted by molar-refractivity contribution is 0.262. The minimum Gasteiger partial charge on any atom is -0.306 e. The molecule has 3 heterocycles. The monoisotopic (exact) mass is 299 g/mol. The molecular formula is C14H13N5OS. The molecule has 3 aromatic heterocycles. The van der Waals surface area contributed by atoms with E-state index in [1.165, 1.54) is 24.2 Å². The van der Waals surface area contributed by atoms with Gasteiger partial charge in [0.2, 0.25) is 0 Å². The second-order valence-electron chi connectivity index (χ2n) is 5.07. The van der Waals surface area contributed by atoms with Crippen LogP contribution in [0.3, 0.4) is 0 Å². The standard InChI is InChI=1S/C14H13N5OS/c20-14(17-12-6-10(18-19-12)8-3-4-8)16-11-7-21-13-9(11)2-1-5-15-13/h1-2,5-8H,3-4H2,(H3,16,17,18,19,20). The van der Waals surface area contributed by atoms with E-state index in [0.29, 0.717) is 11.7 Å². The van der Waals surface area contributed by atoms with Crippen molar-refractivity contribution in [3.05, 3.63) is 35.5 Å². The number of nitrogens with one attached hydrogen (secondary N) is 3. The van der Waals surface area contributed by atoms with E-state index in [2.05, 4.69) is 25.8 Å². The van der Waals surface area contributed by atoms with Gasteiger partial charge in [-0.25, -0.2) is 9.78 Å². The lowest BCUT2D eigenvalue weighted by Gasteiger charge is -2.03. The molecule has 1 aliphatic carbocycles. The molecule has 4 rings (SSSR count). The number of rotatable bonds is 3. The zero-order valence-corrected chi connectivity index (χ0v) is 11.9. The van der Waals surface area contributed by atoms with Crippen molar-refractivity contribution in [2.24, 2.45) is 0 Å². The predicted molar refractivity (Wildman–Crippen MR) is 82.8 cm³/mol. The largest absolute Gasteiger partial charge is 0.324 e. The first kappa shape index (κ1) is 12.3. The first-order valence-electron chi connectivity index (χ1n) is 6.75. The Morgan fingerprint density at radius 3 is 3.14 bits per heavy atom. The topological polar surface area (TPSA) is 82.7 Å². The Balaban J connectivity index is 1.47. The summed E-state index contributed by atoms with van der Waals surface area (Å²) in [6.07, 6.45) is 4.13. The molecule has 3 aromatic rings. The van der Waals surface area contributed by atoms with Gasteiger partial charge in [0.05, 0.1) is 5.69 Å². The van der Waals surface area contributed by atoms with Crippen LogP contribution in [0.4, 0.5) is 16.3 Å². The number of nitrogens with zero attached hydrogens (tertiary/aromatic N) is 2. The Kier molecular flexibility index (Phi) is 2.85. The molecule has 0 spiro atoms. The van der Waals surface area contributed by atoms with Gasteiger partial charge in [-0.3, -0.25) is 10.4 Å². The van der Waals surface area contributed by atoms with Crippen LogP contribution in [-0.4, -0.2) is 21.2 Å². The molecule has 106 valence electrons. The van der Waals surface area contributed by atoms with Crippen LogP contribution >= 0.6 is 11.3 Å². The number of amides is 2. The second kappa shape index (κ2) is 4.85. The molecular weight excluding hydrogens is 286 g/mol. The van der Waals surface area contributed by atoms with E-state index in [9.17, 15) is 4.79 Å². The molecule has 0 aromatic carbocycles. The van der Waals surface area contributed by atoms with Crippen molar-refractivity contribution in [1.29, 1.82) is 0 Å². The molecule has 1 aliphatic rings. The first-order valence-corrected chi connectivity index (χ1v) is 7.63. The van der Waals surface area contributed by atoms with Gasteiger partial charge in [-0.15, -0.1) is 11.3 Å². The number of fused-ring (bicyclic) bond motifs is 1. The summed E-state index contributed by atoms with van der Waals surface area (Å²) in [5.41, 5.74) is 1.86. The third-order valence-corrected chi connectivity index (χ3v) is 4.36. The van der Waals surface area contributed by atoms with E-state index >= 15 is 0 Å². The van der Waals surface area contributed by atoms with E-state index in [1.807, 2.05) is 23.6 Å². The Labute approximate surface area is 124 Å². The molecule has 0 radical (unpaired) electrons. The molecule has 0 atom stereocenters. The maximum absolute atomic E-state index is 12.0. The predicted octanol–water partition coefficient (Wildman–Crippen LogP) is 3.54. The van der Waals surface area contributed by atoms with Crippen LogP contribution in [-0.2, 0) is 0 Å². The highest BCUT2D eigenvalue weighted by molar-refractivity contribution is 7.17. The van der Waals surface area contributed by atoms with Crippen molar-refractivity contribution in [3.8, 4) is 0 Å². The van der Waals surface area contributed by atoms with E-state index in [4.69, 9.17) is 0 Å². The Bertz CT molecular complexity index is 804. The fraction of sp³-hybridized carbons (Fsp3) is 0.214. The van der Waals surface area contributed by atoms with Crippen LogP contribution in [0.15, 0.2) is 29.8 Å². The van der Waals surface area contributed by atoms with Gasteiger partial charge in [0.1, 0.15) is 4.83 Å². The molecule has 6 nitrogen and oxygen atoms in total. The van der Waals surface area contributed by atoms with Gasteiger partial charge in [-0.05, 0) is 25.0 Å². The minimum atomic E-state index is -0.299. The average molecular weight is 299 g/mol. The maximum atomic E-state index is 12.0. The van der Waals surface area contributed by atoms with Gasteiger partial charge in [0.15, 0.2) is 5.82 Å². The number of pyridine rings is 1. The van der Waals surface area contributed by atoms with Crippen molar-refractivity contribution < 1.29 is 4.79 Å². The van der Waals surface area contributed by atoms with Crippen molar-refractivity contribution >= 4 is 39.1 Å². The van der Waals surface area contributed by atoms with Crippen LogP contribution in [0, 0.1) is 0 Å². The number of hydrogen-bond acceptors (Lipinski definition) is 4. The van der Waals surface area contributed by atoms with E-state index in [1.54, 1.807) is 6.20 Å². The number of aromatic nitrogens is 3. The number of thiophene rings is 1. The highest BCUT2D eigenvalue weighted by Gasteiger charge is 2.25. The summed E-state index contributed by atoms with van der Waals surface area (Å²) < 4.78 is 0. The number of aromatic amines is 1. The van der Waals surface area contributed by atoms with Gasteiger partial charge in [-0.1, -0.05) is 0 Å². The normalized spacial score (nSPS) is 14.3. The third kappa shape index (κ3) is 2.47. The smallest absolute Gasteiger partial charge is 0.306 e. The molecule has 1 fully saturated rings. The molecule has 0 saturated heterocycles.